The Morgan fingerprint density at radius 2 is 1.09 bits per heavy atom. The van der Waals surface area contributed by atoms with Gasteiger partial charge in [-0.25, -0.2) is 4.79 Å². The van der Waals surface area contributed by atoms with Crippen LogP contribution in [0.2, 0.25) is 0 Å². The van der Waals surface area contributed by atoms with Crippen LogP contribution in [-0.2, 0) is 34.0 Å². The third kappa shape index (κ3) is 6.21. The van der Waals surface area contributed by atoms with Crippen molar-refractivity contribution in [3.63, 3.8) is 0 Å². The highest BCUT2D eigenvalue weighted by Crippen LogP contribution is 2.29. The molecule has 0 spiro atoms. The summed E-state index contributed by atoms with van der Waals surface area (Å²) in [5.41, 5.74) is 2.68. The van der Waals surface area contributed by atoms with Crippen LogP contribution in [0.5, 0.6) is 0 Å². The van der Waals surface area contributed by atoms with Crippen molar-refractivity contribution in [3.05, 3.63) is 108 Å². The van der Waals surface area contributed by atoms with Gasteiger partial charge >= 0.3 is 6.09 Å². The third-order valence-electron chi connectivity index (χ3n) is 5.80. The average Bonchev–Trinajstić information content (AvgIpc) is 3.10. The quantitative estimate of drug-likeness (QED) is 0.451. The summed E-state index contributed by atoms with van der Waals surface area (Å²) in [6.45, 7) is 0.542. The van der Waals surface area contributed by atoms with E-state index in [2.05, 4.69) is 5.32 Å². The first-order valence-corrected chi connectivity index (χ1v) is 11.3. The molecular weight excluding hydrogens is 434 g/mol. The molecule has 1 saturated carbocycles. The average molecular weight is 464 g/mol. The molecule has 0 saturated heterocycles. The van der Waals surface area contributed by atoms with Gasteiger partial charge in [0.2, 0.25) is 0 Å². The summed E-state index contributed by atoms with van der Waals surface area (Å²) in [6, 6.07) is 27.4. The molecule has 34 heavy (non-hydrogen) atoms. The summed E-state index contributed by atoms with van der Waals surface area (Å²) in [5.74, 6) is 0. The van der Waals surface area contributed by atoms with Gasteiger partial charge in [0.05, 0.1) is 19.3 Å². The lowest BCUT2D eigenvalue weighted by Crippen LogP contribution is -2.49. The van der Waals surface area contributed by atoms with Crippen molar-refractivity contribution in [2.45, 2.75) is 50.3 Å². The molecule has 178 valence electrons. The van der Waals surface area contributed by atoms with Crippen molar-refractivity contribution in [2.75, 3.05) is 0 Å². The van der Waals surface area contributed by atoms with E-state index in [1.54, 1.807) is 0 Å². The van der Waals surface area contributed by atoms with Gasteiger partial charge < -0.3 is 29.7 Å². The van der Waals surface area contributed by atoms with Crippen molar-refractivity contribution in [3.8, 4) is 0 Å². The van der Waals surface area contributed by atoms with Crippen LogP contribution < -0.4 is 5.32 Å². The first-order valence-electron chi connectivity index (χ1n) is 11.3. The molecule has 7 nitrogen and oxygen atoms in total. The molecule has 3 N–H and O–H groups in total. The number of rotatable bonds is 9. The Labute approximate surface area is 198 Å². The minimum absolute atomic E-state index is 0.0848. The monoisotopic (exact) mass is 463 g/mol. The number of carbonyl (C=O) groups excluding carboxylic acids is 1. The zero-order chi connectivity index (χ0) is 23.8. The standard InChI is InChI=1S/C27H29NO6/c29-23-22(28-27(31)34-18-21-14-8-3-9-15-21)25(32-16-19-10-4-1-5-11-19)26(24(23)30)33-17-20-12-6-2-7-13-20/h1-15,22-26,29-30H,16-18H2,(H,28,31)/t22-,23-,24-,25-,26+/m0/s1. The number of aliphatic hydroxyl groups is 2. The van der Waals surface area contributed by atoms with Gasteiger partial charge in [-0.05, 0) is 16.7 Å². The van der Waals surface area contributed by atoms with Gasteiger partial charge in [-0.2, -0.15) is 0 Å². The highest BCUT2D eigenvalue weighted by molar-refractivity contribution is 5.68. The number of benzene rings is 3. The SMILES string of the molecule is O=C(N[C@H]1[C@H](O)[C@H](O)[C@@H](OCc2ccccc2)[C@H]1OCc1ccccc1)OCc1ccccc1. The fourth-order valence-corrected chi connectivity index (χ4v) is 3.99. The molecule has 1 fully saturated rings. The zero-order valence-corrected chi connectivity index (χ0v) is 18.7. The summed E-state index contributed by atoms with van der Waals surface area (Å²) in [6.07, 6.45) is -4.89. The summed E-state index contributed by atoms with van der Waals surface area (Å²) in [4.78, 5) is 12.5. The molecule has 1 amide bonds. The minimum Gasteiger partial charge on any atom is -0.445 e. The topological polar surface area (TPSA) is 97.3 Å². The fourth-order valence-electron chi connectivity index (χ4n) is 3.99. The van der Waals surface area contributed by atoms with Crippen molar-refractivity contribution in [2.24, 2.45) is 0 Å². The largest absolute Gasteiger partial charge is 0.445 e. The van der Waals surface area contributed by atoms with Crippen molar-refractivity contribution < 1.29 is 29.2 Å². The Morgan fingerprint density at radius 1 is 0.647 bits per heavy atom. The van der Waals surface area contributed by atoms with Crippen LogP contribution in [0.3, 0.4) is 0 Å². The number of hydrogen-bond donors (Lipinski definition) is 3. The third-order valence-corrected chi connectivity index (χ3v) is 5.80. The maximum absolute atomic E-state index is 12.5. The van der Waals surface area contributed by atoms with Gasteiger partial charge in [0, 0.05) is 0 Å². The van der Waals surface area contributed by atoms with Gasteiger partial charge in [0.25, 0.3) is 0 Å². The van der Waals surface area contributed by atoms with Gasteiger partial charge in [0.1, 0.15) is 31.0 Å². The van der Waals surface area contributed by atoms with Crippen molar-refractivity contribution in [1.82, 2.24) is 5.32 Å². The Morgan fingerprint density at radius 3 is 1.59 bits per heavy atom. The predicted octanol–water partition coefficient (Wildman–Crippen LogP) is 3.19. The van der Waals surface area contributed by atoms with Gasteiger partial charge in [-0.15, -0.1) is 0 Å². The van der Waals surface area contributed by atoms with E-state index >= 15 is 0 Å². The van der Waals surface area contributed by atoms with E-state index in [1.165, 1.54) is 0 Å². The molecule has 4 rings (SSSR count). The Balaban J connectivity index is 1.44. The lowest BCUT2D eigenvalue weighted by atomic mass is 10.1. The van der Waals surface area contributed by atoms with Crippen LogP contribution in [-0.4, -0.2) is 46.8 Å². The molecule has 5 atom stereocenters. The number of nitrogens with one attached hydrogen (secondary N) is 1. The van der Waals surface area contributed by atoms with E-state index < -0.39 is 36.6 Å². The van der Waals surface area contributed by atoms with Crippen LogP contribution in [0.1, 0.15) is 16.7 Å². The number of ether oxygens (including phenoxy) is 3. The van der Waals surface area contributed by atoms with Crippen LogP contribution in [0.25, 0.3) is 0 Å². The highest BCUT2D eigenvalue weighted by Gasteiger charge is 2.52. The van der Waals surface area contributed by atoms with Crippen LogP contribution in [0.15, 0.2) is 91.0 Å². The second kappa shape index (κ2) is 11.8. The van der Waals surface area contributed by atoms with Gasteiger partial charge in [0.15, 0.2) is 0 Å². The molecule has 0 aliphatic heterocycles. The van der Waals surface area contributed by atoms with Gasteiger partial charge in [-0.1, -0.05) is 91.0 Å². The summed E-state index contributed by atoms with van der Waals surface area (Å²) >= 11 is 0. The van der Waals surface area contributed by atoms with Crippen LogP contribution in [0, 0.1) is 0 Å². The van der Waals surface area contributed by atoms with E-state index in [9.17, 15) is 15.0 Å². The lowest BCUT2D eigenvalue weighted by molar-refractivity contribution is -0.110. The van der Waals surface area contributed by atoms with Crippen molar-refractivity contribution in [1.29, 1.82) is 0 Å². The fraction of sp³-hybridized carbons (Fsp3) is 0.296. The summed E-state index contributed by atoms with van der Waals surface area (Å²) in [5, 5.41) is 24.2. The molecule has 1 aliphatic rings. The highest BCUT2D eigenvalue weighted by atomic mass is 16.6. The zero-order valence-electron chi connectivity index (χ0n) is 18.7. The van der Waals surface area contributed by atoms with Crippen LogP contribution in [0.4, 0.5) is 4.79 Å². The second-order valence-corrected chi connectivity index (χ2v) is 8.24. The Kier molecular flexibility index (Phi) is 8.27. The van der Waals surface area contributed by atoms with E-state index in [0.29, 0.717) is 0 Å². The summed E-state index contributed by atoms with van der Waals surface area (Å²) in [7, 11) is 0. The first-order chi connectivity index (χ1) is 16.6. The Bertz CT molecular complexity index is 1020. The van der Waals surface area contributed by atoms with E-state index in [-0.39, 0.29) is 19.8 Å². The second-order valence-electron chi connectivity index (χ2n) is 8.24. The molecule has 0 radical (unpaired) electrons. The summed E-state index contributed by atoms with van der Waals surface area (Å²) < 4.78 is 17.4. The molecule has 0 aromatic heterocycles. The minimum atomic E-state index is -1.29. The molecule has 0 bridgehead atoms. The molecule has 0 heterocycles. The Hall–Kier alpha value is -3.23. The van der Waals surface area contributed by atoms with Crippen molar-refractivity contribution >= 4 is 6.09 Å². The molecule has 1 aliphatic carbocycles. The van der Waals surface area contributed by atoms with Gasteiger partial charge in [-0.3, -0.25) is 0 Å². The number of hydrogen-bond acceptors (Lipinski definition) is 6. The molecule has 0 unspecified atom stereocenters. The molecule has 3 aromatic carbocycles. The van der Waals surface area contributed by atoms with E-state index in [0.717, 1.165) is 16.7 Å². The molecule has 7 heteroatoms. The first kappa shape index (κ1) is 23.9. The smallest absolute Gasteiger partial charge is 0.407 e. The van der Waals surface area contributed by atoms with Crippen LogP contribution >= 0.6 is 0 Å². The van der Waals surface area contributed by atoms with E-state index in [1.807, 2.05) is 91.0 Å². The number of amides is 1. The van der Waals surface area contributed by atoms with E-state index in [4.69, 9.17) is 14.2 Å². The maximum Gasteiger partial charge on any atom is 0.407 e. The number of carbonyl (C=O) groups is 1. The molecular formula is C27H29NO6. The predicted molar refractivity (Wildman–Crippen MR) is 126 cm³/mol. The normalized spacial score (nSPS) is 24.0. The number of aliphatic hydroxyl groups excluding tert-OH is 2. The number of alkyl carbamates (subject to hydrolysis) is 1. The maximum atomic E-state index is 12.5. The molecule has 3 aromatic rings. The lowest BCUT2D eigenvalue weighted by Gasteiger charge is -2.26.